The summed E-state index contributed by atoms with van der Waals surface area (Å²) in [5, 5.41) is 5.70. The average Bonchev–Trinajstić information content (AvgIpc) is 3.20. The molecule has 1 aromatic carbocycles. The predicted octanol–water partition coefficient (Wildman–Crippen LogP) is 1.19. The van der Waals surface area contributed by atoms with Gasteiger partial charge < -0.3 is 21.1 Å². The van der Waals surface area contributed by atoms with Crippen molar-refractivity contribution in [2.24, 2.45) is 23.5 Å². The topological polar surface area (TPSA) is 93.5 Å². The zero-order chi connectivity index (χ0) is 17.8. The Hall–Kier alpha value is -2.08. The molecule has 2 bridgehead atoms. The molecule has 0 saturated heterocycles. The number of hydrogen-bond acceptors (Lipinski definition) is 4. The molecule has 2 aliphatic carbocycles. The molecular weight excluding hydrogens is 318 g/mol. The maximum Gasteiger partial charge on any atom is 0.257 e. The molecule has 25 heavy (non-hydrogen) atoms. The number of ether oxygens (including phenoxy) is 1. The van der Waals surface area contributed by atoms with E-state index in [1.165, 1.54) is 6.42 Å². The van der Waals surface area contributed by atoms with E-state index in [2.05, 4.69) is 10.6 Å². The summed E-state index contributed by atoms with van der Waals surface area (Å²) in [6.45, 7) is 2.88. The van der Waals surface area contributed by atoms with Gasteiger partial charge in [-0.15, -0.1) is 0 Å². The van der Waals surface area contributed by atoms with Crippen molar-refractivity contribution < 1.29 is 14.3 Å². The Morgan fingerprint density at radius 1 is 1.24 bits per heavy atom. The molecule has 0 aromatic heterocycles. The van der Waals surface area contributed by atoms with E-state index in [4.69, 9.17) is 10.5 Å². The minimum atomic E-state index is -0.147. The molecule has 4 atom stereocenters. The Morgan fingerprint density at radius 3 is 2.76 bits per heavy atom. The second-order valence-electron chi connectivity index (χ2n) is 7.04. The van der Waals surface area contributed by atoms with Crippen LogP contribution in [0.3, 0.4) is 0 Å². The summed E-state index contributed by atoms with van der Waals surface area (Å²) in [7, 11) is 0. The summed E-state index contributed by atoms with van der Waals surface area (Å²) in [5.74, 6) is 1.46. The summed E-state index contributed by atoms with van der Waals surface area (Å²) in [5.41, 5.74) is 7.17. The van der Waals surface area contributed by atoms with E-state index in [9.17, 15) is 9.59 Å². The van der Waals surface area contributed by atoms with Crippen LogP contribution >= 0.6 is 0 Å². The molecule has 0 spiro atoms. The number of carbonyl (C=O) groups is 2. The Morgan fingerprint density at radius 2 is 2.04 bits per heavy atom. The Bertz CT molecular complexity index is 632. The van der Waals surface area contributed by atoms with Gasteiger partial charge in [-0.1, -0.05) is 12.1 Å². The first-order chi connectivity index (χ1) is 12.1. The number of nitrogens with one attached hydrogen (secondary N) is 2. The van der Waals surface area contributed by atoms with Gasteiger partial charge in [0.1, 0.15) is 5.75 Å². The molecule has 4 N–H and O–H groups in total. The standard InChI is InChI=1S/C19H27N3O3/c1-2-21-16(23)11-25-15-5-3-4-12(8-15)10-22-19(24)17-13-6-7-14(9-13)18(17)20/h3-5,8,13-14,17-18H,2,6-7,9-11,20H2,1H3,(H,21,23)(H,22,24). The number of likely N-dealkylation sites (N-methyl/N-ethyl adjacent to an activating group) is 1. The highest BCUT2D eigenvalue weighted by atomic mass is 16.5. The number of hydrogen-bond donors (Lipinski definition) is 3. The van der Waals surface area contributed by atoms with Crippen LogP contribution in [0.15, 0.2) is 24.3 Å². The third-order valence-corrected chi connectivity index (χ3v) is 5.39. The van der Waals surface area contributed by atoms with Crippen molar-refractivity contribution >= 4 is 11.8 Å². The molecule has 3 rings (SSSR count). The highest BCUT2D eigenvalue weighted by Crippen LogP contribution is 2.47. The van der Waals surface area contributed by atoms with Crippen LogP contribution in [-0.4, -0.2) is 31.0 Å². The van der Waals surface area contributed by atoms with Crippen molar-refractivity contribution in [1.82, 2.24) is 10.6 Å². The van der Waals surface area contributed by atoms with E-state index in [0.717, 1.165) is 18.4 Å². The van der Waals surface area contributed by atoms with Crippen LogP contribution in [0.1, 0.15) is 31.7 Å². The quantitative estimate of drug-likeness (QED) is 0.692. The molecule has 1 aromatic rings. The fourth-order valence-electron chi connectivity index (χ4n) is 4.17. The zero-order valence-electron chi connectivity index (χ0n) is 14.7. The number of amides is 2. The fourth-order valence-corrected chi connectivity index (χ4v) is 4.17. The lowest BCUT2D eigenvalue weighted by molar-refractivity contribution is -0.127. The first kappa shape index (κ1) is 17.7. The van der Waals surface area contributed by atoms with Gasteiger partial charge in [-0.3, -0.25) is 9.59 Å². The summed E-state index contributed by atoms with van der Waals surface area (Å²) in [6.07, 6.45) is 3.39. The first-order valence-corrected chi connectivity index (χ1v) is 9.10. The van der Waals surface area contributed by atoms with Gasteiger partial charge >= 0.3 is 0 Å². The molecule has 6 heteroatoms. The highest BCUT2D eigenvalue weighted by molar-refractivity contribution is 5.80. The molecule has 4 unspecified atom stereocenters. The van der Waals surface area contributed by atoms with Crippen LogP contribution in [-0.2, 0) is 16.1 Å². The van der Waals surface area contributed by atoms with E-state index >= 15 is 0 Å². The van der Waals surface area contributed by atoms with E-state index < -0.39 is 0 Å². The maximum absolute atomic E-state index is 12.5. The highest BCUT2D eigenvalue weighted by Gasteiger charge is 2.48. The van der Waals surface area contributed by atoms with Crippen molar-refractivity contribution in [3.05, 3.63) is 29.8 Å². The Balaban J connectivity index is 1.50. The number of carbonyl (C=O) groups excluding carboxylic acids is 2. The molecule has 2 aliphatic rings. The molecule has 2 fully saturated rings. The summed E-state index contributed by atoms with van der Waals surface area (Å²) in [4.78, 5) is 24.0. The smallest absolute Gasteiger partial charge is 0.257 e. The van der Waals surface area contributed by atoms with Crippen LogP contribution in [0.4, 0.5) is 0 Å². The maximum atomic E-state index is 12.5. The monoisotopic (exact) mass is 345 g/mol. The van der Waals surface area contributed by atoms with Crippen molar-refractivity contribution in [3.63, 3.8) is 0 Å². The summed E-state index contributed by atoms with van der Waals surface area (Å²) < 4.78 is 5.48. The molecule has 2 saturated carbocycles. The molecule has 0 radical (unpaired) electrons. The van der Waals surface area contributed by atoms with Gasteiger partial charge in [-0.05, 0) is 55.7 Å². The van der Waals surface area contributed by atoms with Crippen molar-refractivity contribution in [3.8, 4) is 5.75 Å². The van der Waals surface area contributed by atoms with Gasteiger partial charge in [0, 0.05) is 19.1 Å². The number of nitrogens with two attached hydrogens (primary N) is 1. The molecule has 0 aliphatic heterocycles. The molecule has 6 nitrogen and oxygen atoms in total. The summed E-state index contributed by atoms with van der Waals surface area (Å²) >= 11 is 0. The van der Waals surface area contributed by atoms with Crippen LogP contribution in [0.2, 0.25) is 0 Å². The minimum Gasteiger partial charge on any atom is -0.484 e. The normalized spacial score (nSPS) is 27.1. The first-order valence-electron chi connectivity index (χ1n) is 9.10. The SMILES string of the molecule is CCNC(=O)COc1cccc(CNC(=O)C2C3CCC(C3)C2N)c1. The lowest BCUT2D eigenvalue weighted by atomic mass is 9.84. The Kier molecular flexibility index (Phi) is 5.58. The van der Waals surface area contributed by atoms with Gasteiger partial charge in [-0.25, -0.2) is 0 Å². The summed E-state index contributed by atoms with van der Waals surface area (Å²) in [6, 6.07) is 7.44. The van der Waals surface area contributed by atoms with Gasteiger partial charge in [0.05, 0.1) is 5.92 Å². The predicted molar refractivity (Wildman–Crippen MR) is 94.8 cm³/mol. The number of fused-ring (bicyclic) bond motifs is 2. The minimum absolute atomic E-state index is 0.00509. The van der Waals surface area contributed by atoms with Gasteiger partial charge in [0.2, 0.25) is 5.91 Å². The van der Waals surface area contributed by atoms with Crippen LogP contribution in [0.5, 0.6) is 5.75 Å². The molecule has 136 valence electrons. The van der Waals surface area contributed by atoms with Gasteiger partial charge in [-0.2, -0.15) is 0 Å². The van der Waals surface area contributed by atoms with E-state index in [1.54, 1.807) is 6.07 Å². The molecular formula is C19H27N3O3. The van der Waals surface area contributed by atoms with Gasteiger partial charge in [0.25, 0.3) is 5.91 Å². The van der Waals surface area contributed by atoms with Crippen molar-refractivity contribution in [2.45, 2.75) is 38.8 Å². The fraction of sp³-hybridized carbons (Fsp3) is 0.579. The van der Waals surface area contributed by atoms with E-state index in [-0.39, 0.29) is 30.4 Å². The zero-order valence-corrected chi connectivity index (χ0v) is 14.7. The second kappa shape index (κ2) is 7.87. The number of benzene rings is 1. The average molecular weight is 345 g/mol. The van der Waals surface area contributed by atoms with Crippen LogP contribution < -0.4 is 21.1 Å². The third kappa shape index (κ3) is 4.12. The van der Waals surface area contributed by atoms with Gasteiger partial charge in [0.15, 0.2) is 6.61 Å². The van der Waals surface area contributed by atoms with E-state index in [0.29, 0.717) is 30.7 Å². The second-order valence-corrected chi connectivity index (χ2v) is 7.04. The largest absolute Gasteiger partial charge is 0.484 e. The van der Waals surface area contributed by atoms with E-state index in [1.807, 2.05) is 25.1 Å². The lowest BCUT2D eigenvalue weighted by Crippen LogP contribution is -2.45. The van der Waals surface area contributed by atoms with Crippen LogP contribution in [0.25, 0.3) is 0 Å². The van der Waals surface area contributed by atoms with Crippen molar-refractivity contribution in [1.29, 1.82) is 0 Å². The van der Waals surface area contributed by atoms with Crippen LogP contribution in [0, 0.1) is 17.8 Å². The Labute approximate surface area is 148 Å². The third-order valence-electron chi connectivity index (χ3n) is 5.39. The number of rotatable bonds is 7. The molecule has 2 amide bonds. The molecule has 0 heterocycles. The van der Waals surface area contributed by atoms with Crippen molar-refractivity contribution in [2.75, 3.05) is 13.2 Å². The lowest BCUT2D eigenvalue weighted by Gasteiger charge is -2.27.